The molecule has 2 aromatic rings. The minimum absolute atomic E-state index is 1.14. The van der Waals surface area contributed by atoms with Crippen LogP contribution in [0.3, 0.4) is 0 Å². The van der Waals surface area contributed by atoms with Crippen molar-refractivity contribution in [3.05, 3.63) is 48.0 Å². The predicted octanol–water partition coefficient (Wildman–Crippen LogP) is 5.82. The highest BCUT2D eigenvalue weighted by molar-refractivity contribution is 5.82. The standard InChI is InChI=1S/C16H21N.2C2H6/c1-17-12-6-2-3-7-14-10-11-15-8-4-5-9-16(15)13-14;2*1-2/h4-5,8-11,13,17H,2-3,6-7,12H2,1H3;2*1-2H3. The van der Waals surface area contributed by atoms with Crippen LogP contribution in [0.5, 0.6) is 0 Å². The predicted molar refractivity (Wildman–Crippen MR) is 98.1 cm³/mol. The summed E-state index contributed by atoms with van der Waals surface area (Å²) in [5, 5.41) is 5.89. The van der Waals surface area contributed by atoms with Crippen molar-refractivity contribution in [1.82, 2.24) is 5.32 Å². The van der Waals surface area contributed by atoms with E-state index in [1.165, 1.54) is 42.0 Å². The first-order valence-electron chi connectivity index (χ1n) is 8.52. The van der Waals surface area contributed by atoms with Crippen LogP contribution in [0.1, 0.15) is 52.5 Å². The molecule has 0 aliphatic carbocycles. The van der Waals surface area contributed by atoms with Gasteiger partial charge in [0.2, 0.25) is 0 Å². The van der Waals surface area contributed by atoms with E-state index in [9.17, 15) is 0 Å². The van der Waals surface area contributed by atoms with E-state index in [0.717, 1.165) is 6.54 Å². The van der Waals surface area contributed by atoms with E-state index >= 15 is 0 Å². The lowest BCUT2D eigenvalue weighted by atomic mass is 10.0. The monoisotopic (exact) mass is 287 g/mol. The molecule has 0 radical (unpaired) electrons. The molecule has 0 aromatic heterocycles. The van der Waals surface area contributed by atoms with Crippen LogP contribution in [0.4, 0.5) is 0 Å². The maximum Gasteiger partial charge on any atom is -0.00519 e. The summed E-state index contributed by atoms with van der Waals surface area (Å²) in [6.45, 7) is 9.14. The molecule has 21 heavy (non-hydrogen) atoms. The molecule has 0 saturated carbocycles. The largest absolute Gasteiger partial charge is 0.320 e. The van der Waals surface area contributed by atoms with Gasteiger partial charge >= 0.3 is 0 Å². The van der Waals surface area contributed by atoms with Crippen molar-refractivity contribution in [1.29, 1.82) is 0 Å². The molecule has 0 aliphatic heterocycles. The van der Waals surface area contributed by atoms with Crippen LogP contribution in [-0.2, 0) is 6.42 Å². The number of fused-ring (bicyclic) bond motifs is 1. The number of hydrogen-bond acceptors (Lipinski definition) is 1. The maximum absolute atomic E-state index is 3.19. The van der Waals surface area contributed by atoms with E-state index in [4.69, 9.17) is 0 Å². The highest BCUT2D eigenvalue weighted by Gasteiger charge is 1.96. The zero-order chi connectivity index (χ0) is 15.9. The normalized spacial score (nSPS) is 9.38. The minimum Gasteiger partial charge on any atom is -0.320 e. The van der Waals surface area contributed by atoms with Gasteiger partial charge in [-0.1, -0.05) is 76.6 Å². The third-order valence-corrected chi connectivity index (χ3v) is 3.21. The Kier molecular flexibility index (Phi) is 12.8. The summed E-state index contributed by atoms with van der Waals surface area (Å²) in [4.78, 5) is 0. The Balaban J connectivity index is 0.000000921. The molecule has 0 fully saturated rings. The van der Waals surface area contributed by atoms with Gasteiger partial charge in [0.25, 0.3) is 0 Å². The minimum atomic E-state index is 1.14. The van der Waals surface area contributed by atoms with Gasteiger partial charge in [-0.05, 0) is 49.2 Å². The second-order valence-electron chi connectivity index (χ2n) is 4.60. The molecule has 0 atom stereocenters. The number of hydrogen-bond donors (Lipinski definition) is 1. The van der Waals surface area contributed by atoms with Crippen LogP contribution in [0.2, 0.25) is 0 Å². The quantitative estimate of drug-likeness (QED) is 0.660. The number of aryl methyl sites for hydroxylation is 1. The fourth-order valence-corrected chi connectivity index (χ4v) is 2.20. The molecule has 0 amide bonds. The lowest BCUT2D eigenvalue weighted by Crippen LogP contribution is -2.07. The molecule has 2 rings (SSSR count). The fourth-order valence-electron chi connectivity index (χ4n) is 2.20. The van der Waals surface area contributed by atoms with Gasteiger partial charge in [0, 0.05) is 0 Å². The average molecular weight is 287 g/mol. The van der Waals surface area contributed by atoms with E-state index in [1.54, 1.807) is 0 Å². The molecule has 0 aliphatic rings. The number of nitrogens with one attached hydrogen (secondary N) is 1. The van der Waals surface area contributed by atoms with Crippen LogP contribution < -0.4 is 5.32 Å². The summed E-state index contributed by atoms with van der Waals surface area (Å²) in [5.41, 5.74) is 1.47. The molecule has 0 saturated heterocycles. The summed E-state index contributed by atoms with van der Waals surface area (Å²) >= 11 is 0. The van der Waals surface area contributed by atoms with Crippen molar-refractivity contribution in [2.45, 2.75) is 53.4 Å². The van der Waals surface area contributed by atoms with Crippen molar-refractivity contribution in [3.63, 3.8) is 0 Å². The van der Waals surface area contributed by atoms with Gasteiger partial charge in [0.05, 0.1) is 0 Å². The van der Waals surface area contributed by atoms with E-state index in [2.05, 4.69) is 47.8 Å². The molecule has 0 bridgehead atoms. The van der Waals surface area contributed by atoms with Crippen LogP contribution in [0.25, 0.3) is 10.8 Å². The lowest BCUT2D eigenvalue weighted by Gasteiger charge is -2.04. The van der Waals surface area contributed by atoms with Gasteiger partial charge in [0.15, 0.2) is 0 Å². The van der Waals surface area contributed by atoms with Gasteiger partial charge in [-0.25, -0.2) is 0 Å². The lowest BCUT2D eigenvalue weighted by molar-refractivity contribution is 0.642. The Morgan fingerprint density at radius 3 is 2.10 bits per heavy atom. The SMILES string of the molecule is CC.CC.CNCCCCCc1ccc2ccccc2c1. The molecular weight excluding hydrogens is 254 g/mol. The first-order chi connectivity index (χ1) is 10.4. The van der Waals surface area contributed by atoms with Gasteiger partial charge in [0.1, 0.15) is 0 Å². The Labute approximate surface area is 131 Å². The molecule has 0 heterocycles. The van der Waals surface area contributed by atoms with Crippen LogP contribution >= 0.6 is 0 Å². The topological polar surface area (TPSA) is 12.0 Å². The van der Waals surface area contributed by atoms with Gasteiger partial charge in [-0.3, -0.25) is 0 Å². The third-order valence-electron chi connectivity index (χ3n) is 3.21. The second kappa shape index (κ2) is 13.6. The molecule has 0 spiro atoms. The molecule has 1 nitrogen and oxygen atoms in total. The van der Waals surface area contributed by atoms with Gasteiger partial charge in [-0.2, -0.15) is 0 Å². The third kappa shape index (κ3) is 7.87. The Morgan fingerprint density at radius 1 is 0.762 bits per heavy atom. The van der Waals surface area contributed by atoms with E-state index in [0.29, 0.717) is 0 Å². The average Bonchev–Trinajstić information content (AvgIpc) is 2.58. The zero-order valence-electron chi connectivity index (χ0n) is 14.6. The van der Waals surface area contributed by atoms with E-state index in [-0.39, 0.29) is 0 Å². The number of benzene rings is 2. The van der Waals surface area contributed by atoms with Crippen LogP contribution in [0.15, 0.2) is 42.5 Å². The van der Waals surface area contributed by atoms with Crippen molar-refractivity contribution >= 4 is 10.8 Å². The van der Waals surface area contributed by atoms with Gasteiger partial charge < -0.3 is 5.32 Å². The van der Waals surface area contributed by atoms with Crippen molar-refractivity contribution in [2.24, 2.45) is 0 Å². The molecule has 1 N–H and O–H groups in total. The molecule has 118 valence electrons. The number of rotatable bonds is 6. The summed E-state index contributed by atoms with van der Waals surface area (Å²) < 4.78 is 0. The van der Waals surface area contributed by atoms with E-state index in [1.807, 2.05) is 34.7 Å². The highest BCUT2D eigenvalue weighted by Crippen LogP contribution is 2.17. The van der Waals surface area contributed by atoms with Crippen molar-refractivity contribution in [3.8, 4) is 0 Å². The molecular formula is C20H33N. The Hall–Kier alpha value is -1.34. The molecule has 1 heteroatoms. The number of unbranched alkanes of at least 4 members (excludes halogenated alkanes) is 2. The summed E-state index contributed by atoms with van der Waals surface area (Å²) in [7, 11) is 2.02. The van der Waals surface area contributed by atoms with Crippen molar-refractivity contribution < 1.29 is 0 Å². The smallest absolute Gasteiger partial charge is 0.00519 e. The van der Waals surface area contributed by atoms with Crippen LogP contribution in [0, 0.1) is 0 Å². The molecule has 0 unspecified atom stereocenters. The second-order valence-corrected chi connectivity index (χ2v) is 4.60. The summed E-state index contributed by atoms with van der Waals surface area (Å²) in [6.07, 6.45) is 5.09. The Morgan fingerprint density at radius 2 is 1.43 bits per heavy atom. The van der Waals surface area contributed by atoms with E-state index < -0.39 is 0 Å². The zero-order valence-corrected chi connectivity index (χ0v) is 14.6. The maximum atomic E-state index is 3.19. The fraction of sp³-hybridized carbons (Fsp3) is 0.500. The first-order valence-corrected chi connectivity index (χ1v) is 8.52. The highest BCUT2D eigenvalue weighted by atomic mass is 14.8. The summed E-state index contributed by atoms with van der Waals surface area (Å²) in [6, 6.07) is 15.4. The summed E-state index contributed by atoms with van der Waals surface area (Å²) in [5.74, 6) is 0. The molecule has 2 aromatic carbocycles. The van der Waals surface area contributed by atoms with Crippen LogP contribution in [-0.4, -0.2) is 13.6 Å². The first kappa shape index (κ1) is 19.7. The Bertz CT molecular complexity index is 462. The van der Waals surface area contributed by atoms with Crippen molar-refractivity contribution in [2.75, 3.05) is 13.6 Å². The van der Waals surface area contributed by atoms with Gasteiger partial charge in [-0.15, -0.1) is 0 Å².